The van der Waals surface area contributed by atoms with E-state index in [0.717, 1.165) is 16.7 Å². The van der Waals surface area contributed by atoms with Crippen molar-refractivity contribution >= 4 is 33.6 Å². The molecule has 2 atom stereocenters. The second-order valence-electron chi connectivity index (χ2n) is 8.26. The summed E-state index contributed by atoms with van der Waals surface area (Å²) in [6.07, 6.45) is 0.362. The third kappa shape index (κ3) is 4.57. The number of halogens is 1. The highest BCUT2D eigenvalue weighted by Crippen LogP contribution is 2.52. The molecule has 0 aromatic heterocycles. The van der Waals surface area contributed by atoms with Crippen LogP contribution in [0.4, 0.5) is 0 Å². The molecule has 0 saturated heterocycles. The van der Waals surface area contributed by atoms with Gasteiger partial charge >= 0.3 is 11.9 Å². The van der Waals surface area contributed by atoms with Gasteiger partial charge in [-0.05, 0) is 59.7 Å². The Bertz CT molecular complexity index is 1310. The van der Waals surface area contributed by atoms with Gasteiger partial charge in [0.05, 0.1) is 4.90 Å². The minimum atomic E-state index is -4.42. The summed E-state index contributed by atoms with van der Waals surface area (Å²) in [6, 6.07) is 22.0. The number of hydrogen-bond donors (Lipinski definition) is 2. The van der Waals surface area contributed by atoms with Gasteiger partial charge in [0.2, 0.25) is 10.0 Å². The largest absolute Gasteiger partial charge is 0.480 e. The molecule has 1 saturated carbocycles. The van der Waals surface area contributed by atoms with Gasteiger partial charge in [0, 0.05) is 5.02 Å². The van der Waals surface area contributed by atoms with E-state index in [1.165, 1.54) is 12.1 Å². The SMILES string of the molecule is O=C(O)CN([C@]1(C(=O)O)C[C@H]1Cc1ccccc1)S(=O)(=O)c1ccc(-c2ccc(Cl)cc2)cc1. The van der Waals surface area contributed by atoms with Gasteiger partial charge in [-0.2, -0.15) is 4.31 Å². The number of rotatable bonds is 9. The normalized spacial score (nSPS) is 19.6. The van der Waals surface area contributed by atoms with E-state index in [4.69, 9.17) is 11.6 Å². The van der Waals surface area contributed by atoms with Crippen molar-refractivity contribution in [3.05, 3.63) is 89.4 Å². The maximum Gasteiger partial charge on any atom is 0.325 e. The predicted octanol–water partition coefficient (Wildman–Crippen LogP) is 4.17. The quantitative estimate of drug-likeness (QED) is 0.457. The van der Waals surface area contributed by atoms with Crippen LogP contribution in [0.25, 0.3) is 11.1 Å². The fraction of sp³-hybridized carbons (Fsp3) is 0.200. The molecule has 0 spiro atoms. The summed E-state index contributed by atoms with van der Waals surface area (Å²) in [4.78, 5) is 23.8. The van der Waals surface area contributed by atoms with Crippen molar-refractivity contribution in [3.63, 3.8) is 0 Å². The van der Waals surface area contributed by atoms with Gasteiger partial charge in [0.1, 0.15) is 12.1 Å². The number of benzene rings is 3. The van der Waals surface area contributed by atoms with Crippen LogP contribution in [0.3, 0.4) is 0 Å². The standard InChI is InChI=1S/C25H22ClNO6S/c26-21-10-6-18(7-11-21)19-8-12-22(13-9-19)34(32,33)27(16-23(28)29)25(24(30)31)15-20(25)14-17-4-2-1-3-5-17/h1-13,20H,14-16H2,(H,28,29)(H,30,31)/t20-,25-/m1/s1. The molecule has 4 rings (SSSR count). The molecule has 0 heterocycles. The second-order valence-corrected chi connectivity index (χ2v) is 10.6. The first-order chi connectivity index (χ1) is 16.1. The Labute approximate surface area is 202 Å². The van der Waals surface area contributed by atoms with Crippen molar-refractivity contribution in [2.45, 2.75) is 23.3 Å². The zero-order chi connectivity index (χ0) is 24.5. The van der Waals surface area contributed by atoms with Gasteiger partial charge in [0.15, 0.2) is 0 Å². The molecule has 2 N–H and O–H groups in total. The monoisotopic (exact) mass is 499 g/mol. The lowest BCUT2D eigenvalue weighted by Crippen LogP contribution is -2.51. The van der Waals surface area contributed by atoms with Gasteiger partial charge in [-0.15, -0.1) is 0 Å². The molecule has 0 aliphatic heterocycles. The Morgan fingerprint density at radius 3 is 2.00 bits per heavy atom. The predicted molar refractivity (Wildman–Crippen MR) is 127 cm³/mol. The van der Waals surface area contributed by atoms with Gasteiger partial charge in [-0.25, -0.2) is 8.42 Å². The summed E-state index contributed by atoms with van der Waals surface area (Å²) in [7, 11) is -4.42. The molecule has 1 aliphatic rings. The number of carboxylic acids is 2. The first kappa shape index (κ1) is 23.9. The molecule has 0 radical (unpaired) electrons. The number of carbonyl (C=O) groups is 2. The number of aliphatic carboxylic acids is 2. The van der Waals surface area contributed by atoms with Gasteiger partial charge < -0.3 is 10.2 Å². The molecular formula is C25H22ClNO6S. The van der Waals surface area contributed by atoms with Crippen LogP contribution < -0.4 is 0 Å². The van der Waals surface area contributed by atoms with Crippen molar-refractivity contribution < 1.29 is 28.2 Å². The maximum atomic E-state index is 13.5. The summed E-state index contributed by atoms with van der Waals surface area (Å²) in [5, 5.41) is 20.1. The van der Waals surface area contributed by atoms with Crippen LogP contribution >= 0.6 is 11.6 Å². The molecule has 0 amide bonds. The van der Waals surface area contributed by atoms with Crippen LogP contribution in [0, 0.1) is 5.92 Å². The van der Waals surface area contributed by atoms with E-state index in [9.17, 15) is 28.2 Å². The van der Waals surface area contributed by atoms with Crippen molar-refractivity contribution in [3.8, 4) is 11.1 Å². The Balaban J connectivity index is 1.67. The average Bonchev–Trinajstić information content (AvgIpc) is 3.53. The zero-order valence-corrected chi connectivity index (χ0v) is 19.5. The number of sulfonamides is 1. The molecule has 34 heavy (non-hydrogen) atoms. The number of nitrogens with zero attached hydrogens (tertiary/aromatic N) is 1. The lowest BCUT2D eigenvalue weighted by molar-refractivity contribution is -0.145. The Hall–Kier alpha value is -3.20. The van der Waals surface area contributed by atoms with Crippen LogP contribution in [0.15, 0.2) is 83.8 Å². The topological polar surface area (TPSA) is 112 Å². The van der Waals surface area contributed by atoms with E-state index < -0.39 is 40.0 Å². The molecule has 1 aliphatic carbocycles. The minimum Gasteiger partial charge on any atom is -0.480 e. The summed E-state index contributed by atoms with van der Waals surface area (Å²) in [6.45, 7) is -0.946. The third-order valence-electron chi connectivity index (χ3n) is 6.11. The average molecular weight is 500 g/mol. The molecule has 7 nitrogen and oxygen atoms in total. The van der Waals surface area contributed by atoms with Crippen molar-refractivity contribution in [1.29, 1.82) is 0 Å². The molecule has 0 unspecified atom stereocenters. The summed E-state index contributed by atoms with van der Waals surface area (Å²) in [5.74, 6) is -3.32. The molecule has 176 valence electrons. The van der Waals surface area contributed by atoms with Crippen LogP contribution in [0.1, 0.15) is 12.0 Å². The van der Waals surface area contributed by atoms with Crippen LogP contribution in [-0.4, -0.2) is 47.0 Å². The molecule has 9 heteroatoms. The summed E-state index contributed by atoms with van der Waals surface area (Å²) >= 11 is 5.92. The third-order valence-corrected chi connectivity index (χ3v) is 8.27. The van der Waals surface area contributed by atoms with Crippen LogP contribution in [0.2, 0.25) is 5.02 Å². The van der Waals surface area contributed by atoms with Crippen molar-refractivity contribution in [2.24, 2.45) is 5.92 Å². The molecule has 0 bridgehead atoms. The molecule has 3 aromatic rings. The Kier molecular flexibility index (Phi) is 6.49. The van der Waals surface area contributed by atoms with E-state index in [-0.39, 0.29) is 11.3 Å². The first-order valence-electron chi connectivity index (χ1n) is 10.5. The van der Waals surface area contributed by atoms with Crippen LogP contribution in [-0.2, 0) is 26.0 Å². The number of hydrogen-bond acceptors (Lipinski definition) is 4. The lowest BCUT2D eigenvalue weighted by atomic mass is 10.1. The van der Waals surface area contributed by atoms with E-state index in [0.29, 0.717) is 15.7 Å². The summed E-state index contributed by atoms with van der Waals surface area (Å²) in [5.41, 5.74) is 0.599. The van der Waals surface area contributed by atoms with Crippen LogP contribution in [0.5, 0.6) is 0 Å². The minimum absolute atomic E-state index is 0.0343. The van der Waals surface area contributed by atoms with E-state index in [2.05, 4.69) is 0 Å². The lowest BCUT2D eigenvalue weighted by Gasteiger charge is -2.28. The van der Waals surface area contributed by atoms with Gasteiger partial charge in [-0.1, -0.05) is 66.2 Å². The van der Waals surface area contributed by atoms with E-state index in [1.807, 2.05) is 30.3 Å². The number of carboxylic acid groups (broad SMARTS) is 2. The van der Waals surface area contributed by atoms with Crippen molar-refractivity contribution in [1.82, 2.24) is 4.31 Å². The van der Waals surface area contributed by atoms with Gasteiger partial charge in [0.25, 0.3) is 0 Å². The highest BCUT2D eigenvalue weighted by Gasteiger charge is 2.67. The van der Waals surface area contributed by atoms with Crippen molar-refractivity contribution in [2.75, 3.05) is 6.54 Å². The zero-order valence-electron chi connectivity index (χ0n) is 18.0. The smallest absolute Gasteiger partial charge is 0.325 e. The molecular weight excluding hydrogens is 478 g/mol. The fourth-order valence-electron chi connectivity index (χ4n) is 4.28. The van der Waals surface area contributed by atoms with E-state index in [1.54, 1.807) is 36.4 Å². The Morgan fingerprint density at radius 2 is 1.47 bits per heavy atom. The first-order valence-corrected chi connectivity index (χ1v) is 12.3. The molecule has 3 aromatic carbocycles. The maximum absolute atomic E-state index is 13.5. The Morgan fingerprint density at radius 1 is 0.912 bits per heavy atom. The van der Waals surface area contributed by atoms with Gasteiger partial charge in [-0.3, -0.25) is 9.59 Å². The van der Waals surface area contributed by atoms with E-state index >= 15 is 0 Å². The highest BCUT2D eigenvalue weighted by atomic mass is 35.5. The second kappa shape index (κ2) is 9.21. The summed E-state index contributed by atoms with van der Waals surface area (Å²) < 4.78 is 27.7. The fourth-order valence-corrected chi connectivity index (χ4v) is 6.15. The highest BCUT2D eigenvalue weighted by molar-refractivity contribution is 7.89. The molecule has 1 fully saturated rings.